The summed E-state index contributed by atoms with van der Waals surface area (Å²) in [5.74, 6) is -0.533. The van der Waals surface area contributed by atoms with Crippen molar-refractivity contribution in [3.8, 4) is 0 Å². The Bertz CT molecular complexity index is 787. The van der Waals surface area contributed by atoms with Gasteiger partial charge >= 0.3 is 13.1 Å². The molecule has 1 saturated heterocycles. The summed E-state index contributed by atoms with van der Waals surface area (Å²) >= 11 is 0. The molecule has 2 amide bonds. The molecule has 2 rings (SSSR count). The number of nitrogens with zero attached hydrogens (tertiary/aromatic N) is 1. The molecule has 1 aliphatic heterocycles. The Morgan fingerprint density at radius 1 is 1.25 bits per heavy atom. The predicted octanol–water partition coefficient (Wildman–Crippen LogP) is 3.64. The van der Waals surface area contributed by atoms with Crippen LogP contribution in [0.25, 0.3) is 4.85 Å². The molecular formula is C20H29BFN3O3. The van der Waals surface area contributed by atoms with Crippen LogP contribution in [-0.4, -0.2) is 36.4 Å². The molecule has 1 heterocycles. The van der Waals surface area contributed by atoms with E-state index in [-0.39, 0.29) is 5.69 Å². The first-order chi connectivity index (χ1) is 12.8. The largest absolute Gasteiger partial charge is 0.495 e. The van der Waals surface area contributed by atoms with Crippen molar-refractivity contribution in [1.82, 2.24) is 5.32 Å². The molecule has 1 aromatic rings. The molecule has 0 atom stereocenters. The highest BCUT2D eigenvalue weighted by Crippen LogP contribution is 2.37. The van der Waals surface area contributed by atoms with Crippen LogP contribution in [0.3, 0.4) is 0 Å². The first kappa shape index (κ1) is 22.2. The number of hydrogen-bond acceptors (Lipinski definition) is 3. The molecule has 1 fully saturated rings. The second-order valence-corrected chi connectivity index (χ2v) is 8.83. The molecule has 0 radical (unpaired) electrons. The summed E-state index contributed by atoms with van der Waals surface area (Å²) in [7, 11) is -0.645. The van der Waals surface area contributed by atoms with E-state index in [1.54, 1.807) is 26.8 Å². The molecule has 0 aliphatic carbocycles. The molecule has 0 spiro atoms. The van der Waals surface area contributed by atoms with Gasteiger partial charge in [0, 0.05) is 26.8 Å². The summed E-state index contributed by atoms with van der Waals surface area (Å²) in [5.41, 5.74) is -0.174. The van der Waals surface area contributed by atoms with Gasteiger partial charge in [-0.2, -0.15) is 0 Å². The lowest BCUT2D eigenvalue weighted by Crippen LogP contribution is -2.41. The van der Waals surface area contributed by atoms with Gasteiger partial charge in [-0.15, -0.1) is 0 Å². The van der Waals surface area contributed by atoms with Crippen LogP contribution in [0.1, 0.15) is 53.5 Å². The third kappa shape index (κ3) is 4.84. The van der Waals surface area contributed by atoms with Crippen molar-refractivity contribution in [3.05, 3.63) is 34.9 Å². The lowest BCUT2D eigenvalue weighted by molar-refractivity contribution is 0.00578. The van der Waals surface area contributed by atoms with Crippen molar-refractivity contribution in [2.24, 2.45) is 0 Å². The number of hydrogen-bond donors (Lipinski definition) is 2. The van der Waals surface area contributed by atoms with Crippen molar-refractivity contribution in [2.75, 3.05) is 11.9 Å². The number of urea groups is 1. The maximum absolute atomic E-state index is 14.4. The third-order valence-electron chi connectivity index (χ3n) is 5.44. The second-order valence-electron chi connectivity index (χ2n) is 8.83. The van der Waals surface area contributed by atoms with Crippen LogP contribution in [0.5, 0.6) is 0 Å². The van der Waals surface area contributed by atoms with E-state index < -0.39 is 35.7 Å². The Hall–Kier alpha value is -2.11. The summed E-state index contributed by atoms with van der Waals surface area (Å²) in [6.45, 7) is 20.6. The molecule has 1 aromatic carbocycles. The number of aryl methyl sites for hydroxylation is 1. The van der Waals surface area contributed by atoms with Crippen molar-refractivity contribution in [2.45, 2.75) is 71.6 Å². The van der Waals surface area contributed by atoms with E-state index in [4.69, 9.17) is 15.9 Å². The number of carbonyl (C=O) groups excluding carboxylic acids is 1. The molecule has 152 valence electrons. The van der Waals surface area contributed by atoms with E-state index in [0.717, 1.165) is 0 Å². The fourth-order valence-electron chi connectivity index (χ4n) is 2.71. The summed E-state index contributed by atoms with van der Waals surface area (Å²) < 4.78 is 26.5. The molecule has 0 aromatic heterocycles. The van der Waals surface area contributed by atoms with E-state index in [2.05, 4.69) is 15.5 Å². The van der Waals surface area contributed by atoms with Gasteiger partial charge in [0.1, 0.15) is 5.82 Å². The Balaban J connectivity index is 2.12. The summed E-state index contributed by atoms with van der Waals surface area (Å²) in [6, 6.07) is 2.39. The average Bonchev–Trinajstić information content (AvgIpc) is 2.77. The quantitative estimate of drug-likeness (QED) is 0.597. The first-order valence-electron chi connectivity index (χ1n) is 9.37. The Morgan fingerprint density at radius 3 is 2.36 bits per heavy atom. The highest BCUT2D eigenvalue weighted by Gasteiger charge is 2.52. The van der Waals surface area contributed by atoms with Crippen molar-refractivity contribution < 1.29 is 18.5 Å². The van der Waals surface area contributed by atoms with Crippen LogP contribution in [0.15, 0.2) is 12.1 Å². The topological polar surface area (TPSA) is 64.0 Å². The highest BCUT2D eigenvalue weighted by molar-refractivity contribution is 6.62. The fraction of sp³-hybridized carbons (Fsp3) is 0.600. The summed E-state index contributed by atoms with van der Waals surface area (Å²) in [6.07, 6.45) is 0.499. The Labute approximate surface area is 167 Å². The van der Waals surface area contributed by atoms with Gasteiger partial charge in [0.05, 0.1) is 16.9 Å². The minimum Gasteiger partial charge on any atom is -0.399 e. The van der Waals surface area contributed by atoms with Crippen LogP contribution in [0.4, 0.5) is 14.9 Å². The minimum atomic E-state index is -0.645. The predicted molar refractivity (Wildman–Crippen MR) is 109 cm³/mol. The minimum absolute atomic E-state index is 0.0530. The van der Waals surface area contributed by atoms with E-state index in [1.165, 1.54) is 6.07 Å². The van der Waals surface area contributed by atoms with Crippen molar-refractivity contribution in [1.29, 1.82) is 0 Å². The number of anilines is 1. The van der Waals surface area contributed by atoms with Gasteiger partial charge in [-0.3, -0.25) is 0 Å². The van der Waals surface area contributed by atoms with Gasteiger partial charge in [-0.25, -0.2) is 15.8 Å². The van der Waals surface area contributed by atoms with Crippen LogP contribution in [0.2, 0.25) is 0 Å². The number of nitrogens with one attached hydrogen (secondary N) is 2. The Morgan fingerprint density at radius 2 is 1.82 bits per heavy atom. The second kappa shape index (κ2) is 7.73. The zero-order chi connectivity index (χ0) is 21.3. The average molecular weight is 389 g/mol. The van der Waals surface area contributed by atoms with E-state index in [1.807, 2.05) is 27.7 Å². The highest BCUT2D eigenvalue weighted by atomic mass is 19.1. The molecule has 1 aliphatic rings. The normalized spacial score (nSPS) is 17.9. The van der Waals surface area contributed by atoms with Gasteiger partial charge in [0.25, 0.3) is 0 Å². The van der Waals surface area contributed by atoms with Crippen molar-refractivity contribution >= 4 is 24.3 Å². The van der Waals surface area contributed by atoms with Gasteiger partial charge in [-0.1, -0.05) is 0 Å². The molecule has 8 heteroatoms. The fourth-order valence-corrected chi connectivity index (χ4v) is 2.71. The van der Waals surface area contributed by atoms with E-state index in [9.17, 15) is 9.18 Å². The molecular weight excluding hydrogens is 360 g/mol. The lowest BCUT2D eigenvalue weighted by atomic mass is 9.76. The summed E-state index contributed by atoms with van der Waals surface area (Å²) in [5, 5.41) is 5.19. The Kier molecular flexibility index (Phi) is 6.12. The van der Waals surface area contributed by atoms with Crippen LogP contribution in [0, 0.1) is 19.3 Å². The lowest BCUT2D eigenvalue weighted by Gasteiger charge is -2.32. The van der Waals surface area contributed by atoms with Gasteiger partial charge in [0.2, 0.25) is 5.54 Å². The molecule has 0 bridgehead atoms. The van der Waals surface area contributed by atoms with Gasteiger partial charge in [0.15, 0.2) is 0 Å². The molecule has 0 saturated carbocycles. The van der Waals surface area contributed by atoms with Crippen LogP contribution in [-0.2, 0) is 9.31 Å². The first-order valence-corrected chi connectivity index (χ1v) is 9.37. The molecule has 28 heavy (non-hydrogen) atoms. The zero-order valence-corrected chi connectivity index (χ0v) is 17.7. The van der Waals surface area contributed by atoms with Crippen LogP contribution >= 0.6 is 0 Å². The number of amides is 2. The van der Waals surface area contributed by atoms with Gasteiger partial charge < -0.3 is 24.8 Å². The maximum atomic E-state index is 14.4. The third-order valence-corrected chi connectivity index (χ3v) is 5.44. The molecule has 2 N–H and O–H groups in total. The summed E-state index contributed by atoms with van der Waals surface area (Å²) in [4.78, 5) is 15.6. The van der Waals surface area contributed by atoms with Gasteiger partial charge in [-0.05, 0) is 57.8 Å². The zero-order valence-electron chi connectivity index (χ0n) is 17.7. The van der Waals surface area contributed by atoms with Crippen molar-refractivity contribution in [3.63, 3.8) is 0 Å². The maximum Gasteiger partial charge on any atom is 0.495 e. The molecule has 6 nitrogen and oxygen atoms in total. The number of rotatable bonds is 5. The van der Waals surface area contributed by atoms with Crippen LogP contribution < -0.4 is 16.1 Å². The van der Waals surface area contributed by atoms with E-state index in [0.29, 0.717) is 24.0 Å². The van der Waals surface area contributed by atoms with E-state index >= 15 is 0 Å². The molecule has 0 unspecified atom stereocenters. The monoisotopic (exact) mass is 389 g/mol. The SMILES string of the molecule is [C-]#[N+]C(C)(C)CCNC(=O)Nc1cc(B2OC(C)(C)C(C)(C)O2)c(C)cc1F. The number of halogens is 1. The smallest absolute Gasteiger partial charge is 0.399 e. The number of carbonyl (C=O) groups is 1. The standard InChI is InChI=1S/C20H29BFN3O3/c1-13-11-15(22)16(25-17(26)24-10-9-18(2,3)23-8)12-14(13)21-27-19(4,5)20(6,7)28-21/h11-12H,9-10H2,1-7H3,(H2,24,25,26). The number of benzene rings is 1.